The molecule has 0 bridgehead atoms. The van der Waals surface area contributed by atoms with Crippen molar-refractivity contribution in [2.24, 2.45) is 0 Å². The second-order valence-electron chi connectivity index (χ2n) is 3.31. The van der Waals surface area contributed by atoms with E-state index >= 15 is 0 Å². The van der Waals surface area contributed by atoms with Crippen molar-refractivity contribution in [3.8, 4) is 0 Å². The summed E-state index contributed by atoms with van der Waals surface area (Å²) in [5, 5.41) is 3.21. The molecule has 0 unspecified atom stereocenters. The maximum atomic E-state index is 10.5. The highest BCUT2D eigenvalue weighted by Gasteiger charge is 1.93. The summed E-state index contributed by atoms with van der Waals surface area (Å²) in [6.07, 6.45) is 0. The van der Waals surface area contributed by atoms with Crippen LogP contribution in [0.3, 0.4) is 0 Å². The fourth-order valence-electron chi connectivity index (χ4n) is 0.788. The van der Waals surface area contributed by atoms with Crippen LogP contribution < -0.4 is 5.32 Å². The lowest BCUT2D eigenvalue weighted by atomic mass is 10.5. The molecule has 0 saturated carbocycles. The fourth-order valence-corrected chi connectivity index (χ4v) is 0.788. The first kappa shape index (κ1) is 12.6. The van der Waals surface area contributed by atoms with Gasteiger partial charge in [0.1, 0.15) is 6.61 Å². The largest absolute Gasteiger partial charge is 0.372 e. The van der Waals surface area contributed by atoms with E-state index in [0.717, 1.165) is 19.6 Å². The van der Waals surface area contributed by atoms with Crippen LogP contribution in [0.1, 0.15) is 6.92 Å². The van der Waals surface area contributed by atoms with Gasteiger partial charge in [-0.05, 0) is 21.0 Å². The normalized spacial score (nSPS) is 10.8. The molecule has 4 nitrogen and oxygen atoms in total. The topological polar surface area (TPSA) is 41.6 Å². The molecule has 0 aliphatic heterocycles. The third-order valence-electron chi connectivity index (χ3n) is 1.46. The van der Waals surface area contributed by atoms with Crippen LogP contribution in [0.2, 0.25) is 0 Å². The number of carbonyl (C=O) groups is 1. The first-order valence-electron chi connectivity index (χ1n) is 4.55. The van der Waals surface area contributed by atoms with Gasteiger partial charge in [-0.2, -0.15) is 0 Å². The van der Waals surface area contributed by atoms with E-state index in [1.807, 2.05) is 14.1 Å². The number of ether oxygens (including phenoxy) is 1. The van der Waals surface area contributed by atoms with E-state index in [9.17, 15) is 4.79 Å². The molecule has 0 aliphatic carbocycles. The Labute approximate surface area is 80.2 Å². The van der Waals surface area contributed by atoms with E-state index in [1.54, 1.807) is 0 Å². The van der Waals surface area contributed by atoms with E-state index in [0.29, 0.717) is 6.61 Å². The van der Waals surface area contributed by atoms with Gasteiger partial charge in [0.05, 0.1) is 6.61 Å². The molecule has 0 amide bonds. The van der Waals surface area contributed by atoms with Crippen molar-refractivity contribution in [2.75, 3.05) is 46.9 Å². The fraction of sp³-hybridized carbons (Fsp3) is 0.889. The lowest BCUT2D eigenvalue weighted by molar-refractivity contribution is -0.121. The van der Waals surface area contributed by atoms with Gasteiger partial charge in [-0.25, -0.2) is 0 Å². The summed E-state index contributed by atoms with van der Waals surface area (Å²) in [6, 6.07) is 0. The maximum absolute atomic E-state index is 10.5. The zero-order valence-electron chi connectivity index (χ0n) is 8.80. The van der Waals surface area contributed by atoms with Crippen molar-refractivity contribution in [2.45, 2.75) is 6.92 Å². The molecule has 0 heterocycles. The maximum Gasteiger partial charge on any atom is 0.155 e. The summed E-state index contributed by atoms with van der Waals surface area (Å²) < 4.78 is 5.08. The number of likely N-dealkylation sites (N-methyl/N-ethyl adjacent to an activating group) is 1. The number of carbonyl (C=O) groups excluding carboxylic acids is 1. The lowest BCUT2D eigenvalue weighted by Crippen LogP contribution is -2.29. The number of ketones is 1. The van der Waals surface area contributed by atoms with Crippen LogP contribution in [0.5, 0.6) is 0 Å². The Balaban J connectivity index is 2.96. The molecule has 13 heavy (non-hydrogen) atoms. The predicted molar refractivity (Wildman–Crippen MR) is 52.9 cm³/mol. The first-order chi connectivity index (χ1) is 6.13. The summed E-state index contributed by atoms with van der Waals surface area (Å²) in [6.45, 7) is 5.14. The zero-order chi connectivity index (χ0) is 10.1. The molecule has 0 spiro atoms. The van der Waals surface area contributed by atoms with E-state index in [4.69, 9.17) is 4.74 Å². The number of Topliss-reactive ketones (excluding diaryl/α,β-unsaturated/α-hetero) is 1. The van der Waals surface area contributed by atoms with Crippen LogP contribution in [0, 0.1) is 0 Å². The number of nitrogens with one attached hydrogen (secondary N) is 1. The summed E-state index contributed by atoms with van der Waals surface area (Å²) in [4.78, 5) is 12.6. The van der Waals surface area contributed by atoms with E-state index in [-0.39, 0.29) is 12.4 Å². The number of hydrogen-bond donors (Lipinski definition) is 1. The van der Waals surface area contributed by atoms with Crippen molar-refractivity contribution in [1.29, 1.82) is 0 Å². The molecular weight excluding hydrogens is 168 g/mol. The average molecular weight is 188 g/mol. The van der Waals surface area contributed by atoms with Gasteiger partial charge in [-0.15, -0.1) is 0 Å². The van der Waals surface area contributed by atoms with Gasteiger partial charge >= 0.3 is 0 Å². The number of nitrogens with zero attached hydrogens (tertiary/aromatic N) is 1. The zero-order valence-corrected chi connectivity index (χ0v) is 8.80. The van der Waals surface area contributed by atoms with Gasteiger partial charge in [0.15, 0.2) is 5.78 Å². The van der Waals surface area contributed by atoms with Crippen LogP contribution in [0.15, 0.2) is 0 Å². The monoisotopic (exact) mass is 188 g/mol. The predicted octanol–water partition coefficient (Wildman–Crippen LogP) is -0.257. The Morgan fingerprint density at radius 3 is 2.62 bits per heavy atom. The van der Waals surface area contributed by atoms with Crippen molar-refractivity contribution in [3.63, 3.8) is 0 Å². The standard InChI is InChI=1S/C9H20N2O2/c1-9(12)8-13-7-5-10-4-6-11(2)3/h10H,4-8H2,1-3H3. The van der Waals surface area contributed by atoms with E-state index < -0.39 is 0 Å². The van der Waals surface area contributed by atoms with Crippen LogP contribution in [0.4, 0.5) is 0 Å². The molecule has 1 N–H and O–H groups in total. The van der Waals surface area contributed by atoms with Gasteiger partial charge in [0.25, 0.3) is 0 Å². The Kier molecular flexibility index (Phi) is 7.88. The molecule has 0 rings (SSSR count). The molecule has 0 atom stereocenters. The quantitative estimate of drug-likeness (QED) is 0.533. The molecule has 78 valence electrons. The Hall–Kier alpha value is -0.450. The van der Waals surface area contributed by atoms with Crippen molar-refractivity contribution >= 4 is 5.78 Å². The van der Waals surface area contributed by atoms with E-state index in [1.165, 1.54) is 6.92 Å². The van der Waals surface area contributed by atoms with Crippen LogP contribution in [-0.2, 0) is 9.53 Å². The van der Waals surface area contributed by atoms with Crippen molar-refractivity contribution < 1.29 is 9.53 Å². The van der Waals surface area contributed by atoms with Gasteiger partial charge in [-0.1, -0.05) is 0 Å². The second kappa shape index (κ2) is 8.16. The minimum Gasteiger partial charge on any atom is -0.372 e. The molecular formula is C9H20N2O2. The highest BCUT2D eigenvalue weighted by Crippen LogP contribution is 1.75. The van der Waals surface area contributed by atoms with Gasteiger partial charge in [0, 0.05) is 19.6 Å². The summed E-state index contributed by atoms with van der Waals surface area (Å²) >= 11 is 0. The third-order valence-corrected chi connectivity index (χ3v) is 1.46. The number of hydrogen-bond acceptors (Lipinski definition) is 4. The SMILES string of the molecule is CC(=O)COCCNCCN(C)C. The molecule has 4 heteroatoms. The Bertz CT molecular complexity index is 138. The molecule has 0 saturated heterocycles. The highest BCUT2D eigenvalue weighted by atomic mass is 16.5. The molecule has 0 aliphatic rings. The second-order valence-corrected chi connectivity index (χ2v) is 3.31. The molecule has 0 aromatic carbocycles. The Morgan fingerprint density at radius 1 is 1.38 bits per heavy atom. The highest BCUT2D eigenvalue weighted by molar-refractivity contribution is 5.76. The number of rotatable bonds is 8. The van der Waals surface area contributed by atoms with Gasteiger partial charge in [-0.3, -0.25) is 4.79 Å². The van der Waals surface area contributed by atoms with Crippen LogP contribution in [-0.4, -0.2) is 57.6 Å². The van der Waals surface area contributed by atoms with Crippen molar-refractivity contribution in [3.05, 3.63) is 0 Å². The summed E-state index contributed by atoms with van der Waals surface area (Å²) in [7, 11) is 4.07. The van der Waals surface area contributed by atoms with Gasteiger partial charge in [0.2, 0.25) is 0 Å². The minimum atomic E-state index is 0.0771. The van der Waals surface area contributed by atoms with Crippen LogP contribution in [0.25, 0.3) is 0 Å². The summed E-state index contributed by atoms with van der Waals surface area (Å²) in [5.74, 6) is 0.0771. The minimum absolute atomic E-state index is 0.0771. The lowest BCUT2D eigenvalue weighted by Gasteiger charge is -2.09. The summed E-state index contributed by atoms with van der Waals surface area (Å²) in [5.41, 5.74) is 0. The van der Waals surface area contributed by atoms with Gasteiger partial charge < -0.3 is 15.0 Å². The third kappa shape index (κ3) is 11.5. The Morgan fingerprint density at radius 2 is 2.08 bits per heavy atom. The average Bonchev–Trinajstić information content (AvgIpc) is 2.01. The molecule has 0 fully saturated rings. The first-order valence-corrected chi connectivity index (χ1v) is 4.55. The molecule has 0 aromatic rings. The molecule has 0 radical (unpaired) electrons. The van der Waals surface area contributed by atoms with E-state index in [2.05, 4.69) is 10.2 Å². The van der Waals surface area contributed by atoms with Crippen LogP contribution >= 0.6 is 0 Å². The van der Waals surface area contributed by atoms with Crippen molar-refractivity contribution in [1.82, 2.24) is 10.2 Å². The molecule has 0 aromatic heterocycles. The smallest absolute Gasteiger partial charge is 0.155 e.